The lowest BCUT2D eigenvalue weighted by Gasteiger charge is -2.17. The fraction of sp³-hybridized carbons (Fsp3) is 0.385. The molecule has 5 nitrogen and oxygen atoms in total. The third-order valence-electron chi connectivity index (χ3n) is 2.58. The Balaban J connectivity index is 3.00. The van der Waals surface area contributed by atoms with Gasteiger partial charge in [-0.2, -0.15) is 0 Å². The summed E-state index contributed by atoms with van der Waals surface area (Å²) in [4.78, 5) is 21.9. The van der Waals surface area contributed by atoms with E-state index in [0.717, 1.165) is 16.9 Å². The number of aryl methyl sites for hydroxylation is 1. The van der Waals surface area contributed by atoms with Crippen molar-refractivity contribution in [3.8, 4) is 5.75 Å². The van der Waals surface area contributed by atoms with Gasteiger partial charge in [0.2, 0.25) is 5.91 Å². The Hall–Kier alpha value is -2.04. The van der Waals surface area contributed by atoms with Crippen LogP contribution in [-0.4, -0.2) is 24.1 Å². The van der Waals surface area contributed by atoms with Crippen LogP contribution in [0, 0.1) is 6.92 Å². The first-order chi connectivity index (χ1) is 8.43. The molecule has 0 aliphatic carbocycles. The maximum Gasteiger partial charge on any atom is 0.305 e. The average molecular weight is 251 g/mol. The van der Waals surface area contributed by atoms with Crippen molar-refractivity contribution in [1.29, 1.82) is 0 Å². The number of carbonyl (C=O) groups excluding carboxylic acids is 1. The van der Waals surface area contributed by atoms with Gasteiger partial charge in [0.15, 0.2) is 0 Å². The summed E-state index contributed by atoms with van der Waals surface area (Å²) in [6.45, 7) is 3.24. The molecule has 2 N–H and O–H groups in total. The van der Waals surface area contributed by atoms with Gasteiger partial charge in [0.25, 0.3) is 0 Å². The molecule has 0 fully saturated rings. The Morgan fingerprint density at radius 1 is 1.44 bits per heavy atom. The zero-order valence-electron chi connectivity index (χ0n) is 10.7. The van der Waals surface area contributed by atoms with Crippen molar-refractivity contribution in [2.75, 3.05) is 7.11 Å². The Labute approximate surface area is 106 Å². The molecule has 0 aliphatic rings. The highest BCUT2D eigenvalue weighted by Gasteiger charge is 2.17. The van der Waals surface area contributed by atoms with Crippen LogP contribution >= 0.6 is 0 Å². The minimum Gasteiger partial charge on any atom is -0.496 e. The molecule has 0 spiro atoms. The van der Waals surface area contributed by atoms with Crippen molar-refractivity contribution in [3.05, 3.63) is 29.3 Å². The highest BCUT2D eigenvalue weighted by molar-refractivity contribution is 5.75. The highest BCUT2D eigenvalue weighted by Crippen LogP contribution is 2.24. The first-order valence-electron chi connectivity index (χ1n) is 5.57. The molecule has 0 aromatic heterocycles. The second-order valence-electron chi connectivity index (χ2n) is 4.08. The SMILES string of the molecule is COc1ccc(C(CC(=O)O)NC(C)=O)cc1C. The van der Waals surface area contributed by atoms with Gasteiger partial charge in [-0.15, -0.1) is 0 Å². The number of rotatable bonds is 5. The topological polar surface area (TPSA) is 75.6 Å². The normalized spacial score (nSPS) is 11.7. The van der Waals surface area contributed by atoms with E-state index in [0.29, 0.717) is 0 Å². The lowest BCUT2D eigenvalue weighted by atomic mass is 10.0. The quantitative estimate of drug-likeness (QED) is 0.834. The maximum absolute atomic E-state index is 11.1. The molecule has 5 heteroatoms. The number of methoxy groups -OCH3 is 1. The molecular formula is C13H17NO4. The molecule has 0 saturated heterocycles. The molecule has 98 valence electrons. The van der Waals surface area contributed by atoms with E-state index in [1.807, 2.05) is 13.0 Å². The molecule has 0 saturated carbocycles. The molecule has 1 aromatic rings. The van der Waals surface area contributed by atoms with Crippen molar-refractivity contribution >= 4 is 11.9 Å². The van der Waals surface area contributed by atoms with Crippen LogP contribution in [0.2, 0.25) is 0 Å². The standard InChI is InChI=1S/C13H17NO4/c1-8-6-10(4-5-12(8)18-3)11(7-13(16)17)14-9(2)15/h4-6,11H,7H2,1-3H3,(H,14,15)(H,16,17). The zero-order valence-corrected chi connectivity index (χ0v) is 10.7. The monoisotopic (exact) mass is 251 g/mol. The second kappa shape index (κ2) is 6.05. The Morgan fingerprint density at radius 3 is 2.56 bits per heavy atom. The minimum atomic E-state index is -0.956. The van der Waals surface area contributed by atoms with Crippen LogP contribution in [0.5, 0.6) is 5.75 Å². The van der Waals surface area contributed by atoms with Crippen LogP contribution in [0.1, 0.15) is 30.5 Å². The summed E-state index contributed by atoms with van der Waals surface area (Å²) in [7, 11) is 1.57. The van der Waals surface area contributed by atoms with E-state index in [9.17, 15) is 9.59 Å². The predicted octanol–water partition coefficient (Wildman–Crippen LogP) is 1.66. The number of carboxylic acid groups (broad SMARTS) is 1. The van der Waals surface area contributed by atoms with Gasteiger partial charge in [0.05, 0.1) is 19.6 Å². The van der Waals surface area contributed by atoms with Crippen LogP contribution in [0.3, 0.4) is 0 Å². The minimum absolute atomic E-state index is 0.147. The Kier molecular flexibility index (Phi) is 4.71. The van der Waals surface area contributed by atoms with Crippen LogP contribution in [-0.2, 0) is 9.59 Å². The van der Waals surface area contributed by atoms with E-state index in [1.54, 1.807) is 19.2 Å². The second-order valence-corrected chi connectivity index (χ2v) is 4.08. The third-order valence-corrected chi connectivity index (χ3v) is 2.58. The van der Waals surface area contributed by atoms with Gasteiger partial charge in [0.1, 0.15) is 5.75 Å². The molecule has 1 atom stereocenters. The summed E-state index contributed by atoms with van der Waals surface area (Å²) in [6.07, 6.45) is -0.147. The number of nitrogens with one attached hydrogen (secondary N) is 1. The van der Waals surface area contributed by atoms with E-state index >= 15 is 0 Å². The molecule has 0 bridgehead atoms. The molecule has 1 unspecified atom stereocenters. The van der Waals surface area contributed by atoms with Crippen molar-refractivity contribution in [3.63, 3.8) is 0 Å². The maximum atomic E-state index is 11.1. The number of hydrogen-bond donors (Lipinski definition) is 2. The number of ether oxygens (including phenoxy) is 1. The summed E-state index contributed by atoms with van der Waals surface area (Å²) < 4.78 is 5.14. The molecule has 1 rings (SSSR count). The fourth-order valence-corrected chi connectivity index (χ4v) is 1.79. The number of carbonyl (C=O) groups is 2. The first-order valence-corrected chi connectivity index (χ1v) is 5.57. The van der Waals surface area contributed by atoms with Crippen molar-refractivity contribution in [2.24, 2.45) is 0 Å². The van der Waals surface area contributed by atoms with Crippen LogP contribution in [0.25, 0.3) is 0 Å². The van der Waals surface area contributed by atoms with Gasteiger partial charge < -0.3 is 15.2 Å². The third kappa shape index (κ3) is 3.76. The van der Waals surface area contributed by atoms with Gasteiger partial charge in [0, 0.05) is 6.92 Å². The Bertz CT molecular complexity index is 440. The number of carboxylic acids is 1. The van der Waals surface area contributed by atoms with E-state index in [-0.39, 0.29) is 12.3 Å². The van der Waals surface area contributed by atoms with E-state index in [4.69, 9.17) is 9.84 Å². The number of aliphatic carboxylic acids is 1. The van der Waals surface area contributed by atoms with Gasteiger partial charge in [-0.05, 0) is 24.1 Å². The van der Waals surface area contributed by atoms with E-state index < -0.39 is 12.0 Å². The highest BCUT2D eigenvalue weighted by atomic mass is 16.5. The van der Waals surface area contributed by atoms with Crippen LogP contribution in [0.15, 0.2) is 18.2 Å². The lowest BCUT2D eigenvalue weighted by molar-refractivity contribution is -0.137. The van der Waals surface area contributed by atoms with Crippen LogP contribution in [0.4, 0.5) is 0 Å². The van der Waals surface area contributed by atoms with Crippen molar-refractivity contribution in [1.82, 2.24) is 5.32 Å². The number of hydrogen-bond acceptors (Lipinski definition) is 3. The fourth-order valence-electron chi connectivity index (χ4n) is 1.79. The predicted molar refractivity (Wildman–Crippen MR) is 66.5 cm³/mol. The molecular weight excluding hydrogens is 234 g/mol. The summed E-state index contributed by atoms with van der Waals surface area (Å²) in [5, 5.41) is 11.5. The molecule has 0 aliphatic heterocycles. The largest absolute Gasteiger partial charge is 0.496 e. The van der Waals surface area contributed by atoms with Crippen molar-refractivity contribution in [2.45, 2.75) is 26.3 Å². The smallest absolute Gasteiger partial charge is 0.305 e. The lowest BCUT2D eigenvalue weighted by Crippen LogP contribution is -2.28. The average Bonchev–Trinajstić information content (AvgIpc) is 2.26. The van der Waals surface area contributed by atoms with Crippen LogP contribution < -0.4 is 10.1 Å². The molecule has 0 radical (unpaired) electrons. The van der Waals surface area contributed by atoms with E-state index in [2.05, 4.69) is 5.32 Å². The van der Waals surface area contributed by atoms with Crippen molar-refractivity contribution < 1.29 is 19.4 Å². The molecule has 1 aromatic carbocycles. The molecule has 1 amide bonds. The van der Waals surface area contributed by atoms with Gasteiger partial charge in [-0.1, -0.05) is 12.1 Å². The number of benzene rings is 1. The first kappa shape index (κ1) is 14.0. The van der Waals surface area contributed by atoms with Gasteiger partial charge in [-0.25, -0.2) is 0 Å². The van der Waals surface area contributed by atoms with Gasteiger partial charge in [-0.3, -0.25) is 9.59 Å². The summed E-state index contributed by atoms with van der Waals surface area (Å²) in [5.74, 6) is -0.479. The number of amides is 1. The summed E-state index contributed by atoms with van der Waals surface area (Å²) in [6, 6.07) is 4.82. The molecule has 0 heterocycles. The summed E-state index contributed by atoms with van der Waals surface area (Å²) in [5.41, 5.74) is 1.65. The van der Waals surface area contributed by atoms with Gasteiger partial charge >= 0.3 is 5.97 Å². The summed E-state index contributed by atoms with van der Waals surface area (Å²) >= 11 is 0. The molecule has 18 heavy (non-hydrogen) atoms. The Morgan fingerprint density at radius 2 is 2.11 bits per heavy atom. The zero-order chi connectivity index (χ0) is 13.7. The van der Waals surface area contributed by atoms with E-state index in [1.165, 1.54) is 6.92 Å².